The predicted octanol–water partition coefficient (Wildman–Crippen LogP) is 3.34. The number of carbonyl (C=O) groups is 1. The van der Waals surface area contributed by atoms with Crippen LogP contribution >= 0.6 is 11.3 Å². The number of rotatable bonds is 6. The van der Waals surface area contributed by atoms with Crippen LogP contribution in [0.5, 0.6) is 5.75 Å². The number of anilines is 1. The SMILES string of the molecule is COC(=O)CCNc1ncnc2scc(-c3ccc(OC)cc3)c12. The normalized spacial score (nSPS) is 10.6. The largest absolute Gasteiger partial charge is 0.497 e. The first-order chi connectivity index (χ1) is 11.7. The topological polar surface area (TPSA) is 73.3 Å². The molecule has 124 valence electrons. The van der Waals surface area contributed by atoms with Gasteiger partial charge in [0.05, 0.1) is 26.0 Å². The summed E-state index contributed by atoms with van der Waals surface area (Å²) in [4.78, 5) is 20.8. The number of fused-ring (bicyclic) bond motifs is 1. The molecule has 0 unspecified atom stereocenters. The summed E-state index contributed by atoms with van der Waals surface area (Å²) in [7, 11) is 3.03. The quantitative estimate of drug-likeness (QED) is 0.692. The summed E-state index contributed by atoms with van der Waals surface area (Å²) in [5, 5.41) is 6.22. The summed E-state index contributed by atoms with van der Waals surface area (Å²) in [5.41, 5.74) is 2.12. The van der Waals surface area contributed by atoms with Gasteiger partial charge in [0.1, 0.15) is 22.7 Å². The second kappa shape index (κ2) is 7.27. The second-order valence-corrected chi connectivity index (χ2v) is 5.89. The van der Waals surface area contributed by atoms with Crippen molar-refractivity contribution in [2.75, 3.05) is 26.1 Å². The van der Waals surface area contributed by atoms with E-state index in [0.29, 0.717) is 6.54 Å². The van der Waals surface area contributed by atoms with Crippen molar-refractivity contribution in [2.45, 2.75) is 6.42 Å². The summed E-state index contributed by atoms with van der Waals surface area (Å²) in [6, 6.07) is 7.86. The van der Waals surface area contributed by atoms with Gasteiger partial charge in [-0.2, -0.15) is 0 Å². The van der Waals surface area contributed by atoms with Gasteiger partial charge in [0, 0.05) is 17.5 Å². The van der Waals surface area contributed by atoms with Crippen molar-refractivity contribution in [1.82, 2.24) is 9.97 Å². The number of benzene rings is 1. The number of ether oxygens (including phenoxy) is 2. The average Bonchev–Trinajstić information content (AvgIpc) is 3.06. The van der Waals surface area contributed by atoms with Gasteiger partial charge in [-0.1, -0.05) is 12.1 Å². The first-order valence-corrected chi connectivity index (χ1v) is 8.28. The van der Waals surface area contributed by atoms with Crippen LogP contribution in [-0.4, -0.2) is 36.7 Å². The van der Waals surface area contributed by atoms with E-state index < -0.39 is 0 Å². The summed E-state index contributed by atoms with van der Waals surface area (Å²) in [6.07, 6.45) is 1.81. The van der Waals surface area contributed by atoms with Gasteiger partial charge in [-0.3, -0.25) is 4.79 Å². The minimum Gasteiger partial charge on any atom is -0.497 e. The van der Waals surface area contributed by atoms with E-state index in [-0.39, 0.29) is 12.4 Å². The molecule has 3 aromatic rings. The third-order valence-corrected chi connectivity index (χ3v) is 4.51. The van der Waals surface area contributed by atoms with Crippen LogP contribution in [-0.2, 0) is 9.53 Å². The van der Waals surface area contributed by atoms with Gasteiger partial charge >= 0.3 is 5.97 Å². The lowest BCUT2D eigenvalue weighted by Crippen LogP contribution is -2.10. The fraction of sp³-hybridized carbons (Fsp3) is 0.235. The molecule has 0 saturated heterocycles. The summed E-state index contributed by atoms with van der Waals surface area (Å²) in [5.74, 6) is 1.27. The maximum Gasteiger partial charge on any atom is 0.307 e. The lowest BCUT2D eigenvalue weighted by atomic mass is 10.1. The highest BCUT2D eigenvalue weighted by Crippen LogP contribution is 2.36. The highest BCUT2D eigenvalue weighted by atomic mass is 32.1. The number of hydrogen-bond acceptors (Lipinski definition) is 7. The van der Waals surface area contributed by atoms with E-state index in [4.69, 9.17) is 4.74 Å². The number of aromatic nitrogens is 2. The van der Waals surface area contributed by atoms with Gasteiger partial charge in [-0.15, -0.1) is 11.3 Å². The molecule has 6 nitrogen and oxygen atoms in total. The Morgan fingerprint density at radius 1 is 1.21 bits per heavy atom. The van der Waals surface area contributed by atoms with Gasteiger partial charge in [0.15, 0.2) is 0 Å². The zero-order valence-electron chi connectivity index (χ0n) is 13.4. The number of esters is 1. The minimum atomic E-state index is -0.256. The van der Waals surface area contributed by atoms with E-state index in [0.717, 1.165) is 32.9 Å². The van der Waals surface area contributed by atoms with Crippen molar-refractivity contribution in [3.8, 4) is 16.9 Å². The number of carbonyl (C=O) groups excluding carboxylic acids is 1. The number of thiophene rings is 1. The number of hydrogen-bond donors (Lipinski definition) is 1. The van der Waals surface area contributed by atoms with Crippen molar-refractivity contribution in [3.05, 3.63) is 36.0 Å². The zero-order chi connectivity index (χ0) is 16.9. The zero-order valence-corrected chi connectivity index (χ0v) is 14.2. The third kappa shape index (κ3) is 3.30. The smallest absolute Gasteiger partial charge is 0.307 e. The average molecular weight is 343 g/mol. The number of nitrogens with one attached hydrogen (secondary N) is 1. The molecule has 0 saturated carbocycles. The van der Waals surface area contributed by atoms with Crippen molar-refractivity contribution >= 4 is 33.3 Å². The van der Waals surface area contributed by atoms with Gasteiger partial charge in [0.25, 0.3) is 0 Å². The first kappa shape index (κ1) is 16.2. The Kier molecular flexibility index (Phi) is 4.90. The first-order valence-electron chi connectivity index (χ1n) is 7.40. The van der Waals surface area contributed by atoms with Gasteiger partial charge in [-0.05, 0) is 17.7 Å². The molecular weight excluding hydrogens is 326 g/mol. The standard InChI is InChI=1S/C17H17N3O3S/c1-22-12-5-3-11(4-6-12)13-9-24-17-15(13)16(19-10-20-17)18-8-7-14(21)23-2/h3-6,9-10H,7-8H2,1-2H3,(H,18,19,20). The lowest BCUT2D eigenvalue weighted by Gasteiger charge is -2.08. The van der Waals surface area contributed by atoms with Crippen LogP contribution in [0, 0.1) is 0 Å². The fourth-order valence-electron chi connectivity index (χ4n) is 2.38. The molecule has 0 spiro atoms. The monoisotopic (exact) mass is 343 g/mol. The summed E-state index contributed by atoms with van der Waals surface area (Å²) >= 11 is 1.56. The minimum absolute atomic E-state index is 0.256. The van der Waals surface area contributed by atoms with Crippen LogP contribution in [0.2, 0.25) is 0 Å². The molecule has 0 aliphatic heterocycles. The van der Waals surface area contributed by atoms with Crippen LogP contribution in [0.15, 0.2) is 36.0 Å². The van der Waals surface area contributed by atoms with Gasteiger partial charge in [-0.25, -0.2) is 9.97 Å². The fourth-order valence-corrected chi connectivity index (χ4v) is 3.29. The molecule has 0 amide bonds. The molecule has 0 bridgehead atoms. The molecule has 0 radical (unpaired) electrons. The Hall–Kier alpha value is -2.67. The van der Waals surface area contributed by atoms with E-state index in [1.54, 1.807) is 18.4 Å². The van der Waals surface area contributed by atoms with E-state index in [9.17, 15) is 4.79 Å². The number of nitrogens with zero attached hydrogens (tertiary/aromatic N) is 2. The van der Waals surface area contributed by atoms with Crippen LogP contribution in [0.25, 0.3) is 21.3 Å². The maximum absolute atomic E-state index is 11.3. The molecule has 2 aromatic heterocycles. The van der Waals surface area contributed by atoms with Crippen molar-refractivity contribution in [1.29, 1.82) is 0 Å². The van der Waals surface area contributed by atoms with Crippen molar-refractivity contribution in [2.24, 2.45) is 0 Å². The Balaban J connectivity index is 1.92. The van der Waals surface area contributed by atoms with E-state index in [2.05, 4.69) is 25.4 Å². The van der Waals surface area contributed by atoms with E-state index in [1.165, 1.54) is 13.4 Å². The Morgan fingerprint density at radius 2 is 2.00 bits per heavy atom. The van der Waals surface area contributed by atoms with Crippen LogP contribution in [0.1, 0.15) is 6.42 Å². The molecule has 0 aliphatic rings. The molecule has 0 fully saturated rings. The van der Waals surface area contributed by atoms with Crippen LogP contribution < -0.4 is 10.1 Å². The molecule has 2 heterocycles. The van der Waals surface area contributed by atoms with E-state index >= 15 is 0 Å². The van der Waals surface area contributed by atoms with Crippen molar-refractivity contribution in [3.63, 3.8) is 0 Å². The third-order valence-electron chi connectivity index (χ3n) is 3.62. The molecule has 3 rings (SSSR count). The van der Waals surface area contributed by atoms with Gasteiger partial charge in [0.2, 0.25) is 0 Å². The highest BCUT2D eigenvalue weighted by molar-refractivity contribution is 7.17. The summed E-state index contributed by atoms with van der Waals surface area (Å²) < 4.78 is 9.86. The molecule has 24 heavy (non-hydrogen) atoms. The van der Waals surface area contributed by atoms with E-state index in [1.807, 2.05) is 24.3 Å². The lowest BCUT2D eigenvalue weighted by molar-refractivity contribution is -0.140. The van der Waals surface area contributed by atoms with Crippen LogP contribution in [0.3, 0.4) is 0 Å². The molecular formula is C17H17N3O3S. The maximum atomic E-state index is 11.3. The molecule has 0 aliphatic carbocycles. The Bertz CT molecular complexity index is 846. The molecule has 1 N–H and O–H groups in total. The number of methoxy groups -OCH3 is 2. The Morgan fingerprint density at radius 3 is 2.71 bits per heavy atom. The molecule has 0 atom stereocenters. The predicted molar refractivity (Wildman–Crippen MR) is 94.5 cm³/mol. The molecule has 1 aromatic carbocycles. The molecule has 7 heteroatoms. The Labute approximate surface area is 143 Å². The van der Waals surface area contributed by atoms with Gasteiger partial charge < -0.3 is 14.8 Å². The summed E-state index contributed by atoms with van der Waals surface area (Å²) in [6.45, 7) is 0.455. The van der Waals surface area contributed by atoms with Crippen LogP contribution in [0.4, 0.5) is 5.82 Å². The second-order valence-electron chi connectivity index (χ2n) is 5.03. The highest BCUT2D eigenvalue weighted by Gasteiger charge is 2.13. The van der Waals surface area contributed by atoms with Crippen molar-refractivity contribution < 1.29 is 14.3 Å².